The standard InChI is InChI=1S/C17H24F3NO2/c1-12(2)9-14(7-8-22)11-21-16(23)10-13-3-5-15(6-4-13)17(18,19)20/h3-6,12,14,22H,7-11H2,1-2H3,(H,21,23). The maximum Gasteiger partial charge on any atom is 0.416 e. The third-order valence-corrected chi connectivity index (χ3v) is 3.58. The molecule has 1 aromatic rings. The van der Waals surface area contributed by atoms with E-state index in [1.165, 1.54) is 12.1 Å². The van der Waals surface area contributed by atoms with Gasteiger partial charge in [-0.3, -0.25) is 4.79 Å². The molecule has 1 amide bonds. The summed E-state index contributed by atoms with van der Waals surface area (Å²) in [6.45, 7) is 4.70. The Balaban J connectivity index is 2.49. The molecular weight excluding hydrogens is 307 g/mol. The molecule has 1 unspecified atom stereocenters. The second-order valence-corrected chi connectivity index (χ2v) is 6.18. The van der Waals surface area contributed by atoms with E-state index < -0.39 is 11.7 Å². The Hall–Kier alpha value is -1.56. The highest BCUT2D eigenvalue weighted by molar-refractivity contribution is 5.78. The Morgan fingerprint density at radius 2 is 1.83 bits per heavy atom. The van der Waals surface area contributed by atoms with Crippen molar-refractivity contribution < 1.29 is 23.1 Å². The van der Waals surface area contributed by atoms with Crippen LogP contribution in [0.3, 0.4) is 0 Å². The minimum atomic E-state index is -4.37. The van der Waals surface area contributed by atoms with Crippen LogP contribution < -0.4 is 5.32 Å². The number of hydrogen-bond donors (Lipinski definition) is 2. The van der Waals surface area contributed by atoms with Gasteiger partial charge in [0.05, 0.1) is 12.0 Å². The molecule has 0 aliphatic heterocycles. The monoisotopic (exact) mass is 331 g/mol. The maximum absolute atomic E-state index is 12.5. The van der Waals surface area contributed by atoms with Gasteiger partial charge in [-0.15, -0.1) is 0 Å². The minimum absolute atomic E-state index is 0.0473. The summed E-state index contributed by atoms with van der Waals surface area (Å²) in [5.74, 6) is 0.450. The number of benzene rings is 1. The van der Waals surface area contributed by atoms with Gasteiger partial charge in [0.2, 0.25) is 5.91 Å². The first kappa shape index (κ1) is 19.5. The van der Waals surface area contributed by atoms with Crippen LogP contribution in [0.4, 0.5) is 13.2 Å². The van der Waals surface area contributed by atoms with Crippen molar-refractivity contribution in [3.8, 4) is 0 Å². The smallest absolute Gasteiger partial charge is 0.396 e. The van der Waals surface area contributed by atoms with E-state index in [0.29, 0.717) is 24.4 Å². The van der Waals surface area contributed by atoms with E-state index in [-0.39, 0.29) is 24.9 Å². The van der Waals surface area contributed by atoms with Crippen LogP contribution in [-0.4, -0.2) is 24.2 Å². The summed E-state index contributed by atoms with van der Waals surface area (Å²) >= 11 is 0. The number of hydrogen-bond acceptors (Lipinski definition) is 2. The molecular formula is C17H24F3NO2. The number of rotatable bonds is 8. The van der Waals surface area contributed by atoms with Crippen molar-refractivity contribution in [2.45, 2.75) is 39.3 Å². The number of aliphatic hydroxyl groups is 1. The molecule has 0 bridgehead atoms. The summed E-state index contributed by atoms with van der Waals surface area (Å²) in [5, 5.41) is 11.8. The first-order chi connectivity index (χ1) is 10.7. The molecule has 1 atom stereocenters. The number of aliphatic hydroxyl groups excluding tert-OH is 1. The average molecular weight is 331 g/mol. The molecule has 0 fully saturated rings. The van der Waals surface area contributed by atoms with Crippen LogP contribution in [0.1, 0.15) is 37.8 Å². The molecule has 0 aliphatic carbocycles. The molecule has 0 saturated heterocycles. The zero-order valence-corrected chi connectivity index (χ0v) is 13.5. The van der Waals surface area contributed by atoms with Crippen molar-refractivity contribution >= 4 is 5.91 Å². The van der Waals surface area contributed by atoms with Crippen molar-refractivity contribution in [1.82, 2.24) is 5.32 Å². The lowest BCUT2D eigenvalue weighted by Gasteiger charge is -2.18. The van der Waals surface area contributed by atoms with Gasteiger partial charge in [0.15, 0.2) is 0 Å². The summed E-state index contributed by atoms with van der Waals surface area (Å²) < 4.78 is 37.4. The summed E-state index contributed by atoms with van der Waals surface area (Å²) in [6, 6.07) is 4.61. The Bertz CT molecular complexity index is 484. The van der Waals surface area contributed by atoms with Crippen molar-refractivity contribution in [3.63, 3.8) is 0 Å². The molecule has 0 aromatic heterocycles. The fourth-order valence-corrected chi connectivity index (χ4v) is 2.47. The largest absolute Gasteiger partial charge is 0.416 e. The molecule has 0 aliphatic rings. The van der Waals surface area contributed by atoms with Crippen molar-refractivity contribution in [1.29, 1.82) is 0 Å². The Labute approximate surface area is 134 Å². The van der Waals surface area contributed by atoms with Gasteiger partial charge < -0.3 is 10.4 Å². The lowest BCUT2D eigenvalue weighted by Crippen LogP contribution is -2.31. The van der Waals surface area contributed by atoms with E-state index in [9.17, 15) is 18.0 Å². The van der Waals surface area contributed by atoms with Crippen LogP contribution >= 0.6 is 0 Å². The van der Waals surface area contributed by atoms with Crippen LogP contribution in [0.25, 0.3) is 0 Å². The Morgan fingerprint density at radius 3 is 2.30 bits per heavy atom. The fraction of sp³-hybridized carbons (Fsp3) is 0.588. The normalized spacial score (nSPS) is 13.2. The van der Waals surface area contributed by atoms with Gasteiger partial charge in [-0.1, -0.05) is 26.0 Å². The zero-order chi connectivity index (χ0) is 17.5. The molecule has 1 rings (SSSR count). The number of halogens is 3. The Morgan fingerprint density at radius 1 is 1.22 bits per heavy atom. The second kappa shape index (κ2) is 8.91. The molecule has 0 heterocycles. The quantitative estimate of drug-likeness (QED) is 0.767. The second-order valence-electron chi connectivity index (χ2n) is 6.18. The first-order valence-corrected chi connectivity index (χ1v) is 7.76. The van der Waals surface area contributed by atoms with Crippen LogP contribution in [0, 0.1) is 11.8 Å². The molecule has 1 aromatic carbocycles. The van der Waals surface area contributed by atoms with Gasteiger partial charge in [-0.25, -0.2) is 0 Å². The van der Waals surface area contributed by atoms with Gasteiger partial charge in [0.1, 0.15) is 0 Å². The summed E-state index contributed by atoms with van der Waals surface area (Å²) in [4.78, 5) is 11.9. The first-order valence-electron chi connectivity index (χ1n) is 7.76. The summed E-state index contributed by atoms with van der Waals surface area (Å²) in [5.41, 5.74) is -0.181. The van der Waals surface area contributed by atoms with E-state index in [4.69, 9.17) is 5.11 Å². The Kier molecular flexibility index (Phi) is 7.55. The molecule has 0 saturated carbocycles. The SMILES string of the molecule is CC(C)CC(CCO)CNC(=O)Cc1ccc(C(F)(F)F)cc1. The number of amides is 1. The van der Waals surface area contributed by atoms with Crippen LogP contribution in [0.15, 0.2) is 24.3 Å². The predicted molar refractivity (Wildman–Crippen MR) is 82.8 cm³/mol. The van der Waals surface area contributed by atoms with Crippen molar-refractivity contribution in [3.05, 3.63) is 35.4 Å². The lowest BCUT2D eigenvalue weighted by molar-refractivity contribution is -0.137. The van der Waals surface area contributed by atoms with Crippen LogP contribution in [-0.2, 0) is 17.4 Å². The summed E-state index contributed by atoms with van der Waals surface area (Å²) in [7, 11) is 0. The average Bonchev–Trinajstić information content (AvgIpc) is 2.44. The van der Waals surface area contributed by atoms with E-state index in [2.05, 4.69) is 19.2 Å². The highest BCUT2D eigenvalue weighted by Crippen LogP contribution is 2.29. The van der Waals surface area contributed by atoms with Gasteiger partial charge >= 0.3 is 6.18 Å². The molecule has 0 spiro atoms. The maximum atomic E-state index is 12.5. The summed E-state index contributed by atoms with van der Waals surface area (Å²) in [6.07, 6.45) is -2.79. The van der Waals surface area contributed by atoms with Crippen LogP contribution in [0.2, 0.25) is 0 Å². The molecule has 2 N–H and O–H groups in total. The molecule has 0 radical (unpaired) electrons. The van der Waals surface area contributed by atoms with E-state index in [1.54, 1.807) is 0 Å². The van der Waals surface area contributed by atoms with Gasteiger partial charge in [-0.2, -0.15) is 13.2 Å². The highest BCUT2D eigenvalue weighted by Gasteiger charge is 2.29. The van der Waals surface area contributed by atoms with E-state index in [0.717, 1.165) is 18.6 Å². The predicted octanol–water partition coefficient (Wildman–Crippen LogP) is 3.41. The molecule has 130 valence electrons. The highest BCUT2D eigenvalue weighted by atomic mass is 19.4. The third-order valence-electron chi connectivity index (χ3n) is 3.58. The van der Waals surface area contributed by atoms with Crippen molar-refractivity contribution in [2.24, 2.45) is 11.8 Å². The molecule has 23 heavy (non-hydrogen) atoms. The van der Waals surface area contributed by atoms with Gasteiger partial charge in [0.25, 0.3) is 0 Å². The van der Waals surface area contributed by atoms with E-state index >= 15 is 0 Å². The fourth-order valence-electron chi connectivity index (χ4n) is 2.47. The van der Waals surface area contributed by atoms with E-state index in [1.807, 2.05) is 0 Å². The number of nitrogens with one attached hydrogen (secondary N) is 1. The van der Waals surface area contributed by atoms with Crippen molar-refractivity contribution in [2.75, 3.05) is 13.2 Å². The third kappa shape index (κ3) is 7.50. The number of carbonyl (C=O) groups is 1. The van der Waals surface area contributed by atoms with Crippen LogP contribution in [0.5, 0.6) is 0 Å². The van der Waals surface area contributed by atoms with Gasteiger partial charge in [-0.05, 0) is 42.4 Å². The number of alkyl halides is 3. The lowest BCUT2D eigenvalue weighted by atomic mass is 9.94. The van der Waals surface area contributed by atoms with Gasteiger partial charge in [0, 0.05) is 13.2 Å². The minimum Gasteiger partial charge on any atom is -0.396 e. The number of carbonyl (C=O) groups excluding carboxylic acids is 1. The molecule has 6 heteroatoms. The molecule has 3 nitrogen and oxygen atoms in total. The topological polar surface area (TPSA) is 49.3 Å². The zero-order valence-electron chi connectivity index (χ0n) is 13.5.